The lowest BCUT2D eigenvalue weighted by Gasteiger charge is -2.37. The van der Waals surface area contributed by atoms with E-state index in [1.165, 1.54) is 44.1 Å². The van der Waals surface area contributed by atoms with E-state index in [0.29, 0.717) is 18.1 Å². The van der Waals surface area contributed by atoms with Gasteiger partial charge in [0.25, 0.3) is 0 Å². The van der Waals surface area contributed by atoms with Crippen molar-refractivity contribution in [3.63, 3.8) is 0 Å². The van der Waals surface area contributed by atoms with E-state index in [9.17, 15) is 4.79 Å². The second-order valence-electron chi connectivity index (χ2n) is 8.76. The van der Waals surface area contributed by atoms with Gasteiger partial charge in [-0.1, -0.05) is 31.0 Å². The van der Waals surface area contributed by atoms with Gasteiger partial charge in [0.1, 0.15) is 0 Å². The number of hydrogen-bond donors (Lipinski definition) is 1. The van der Waals surface area contributed by atoms with Gasteiger partial charge >= 0.3 is 6.03 Å². The van der Waals surface area contributed by atoms with E-state index in [0.717, 1.165) is 25.1 Å². The summed E-state index contributed by atoms with van der Waals surface area (Å²) in [7, 11) is 2.25. The van der Waals surface area contributed by atoms with Gasteiger partial charge in [0, 0.05) is 35.8 Å². The number of anilines is 1. The fourth-order valence-corrected chi connectivity index (χ4v) is 6.07. The molecule has 4 nitrogen and oxygen atoms in total. The minimum atomic E-state index is 0.130. The maximum Gasteiger partial charge on any atom is 0.322 e. The van der Waals surface area contributed by atoms with Gasteiger partial charge in [-0.3, -0.25) is 4.90 Å². The molecular weight excluding hydrogens is 310 g/mol. The smallest absolute Gasteiger partial charge is 0.322 e. The predicted molar refractivity (Wildman–Crippen MR) is 100 cm³/mol. The quantitative estimate of drug-likeness (QED) is 0.848. The van der Waals surface area contributed by atoms with Gasteiger partial charge in [-0.05, 0) is 57.2 Å². The first-order valence-corrected chi connectivity index (χ1v) is 10.1. The second-order valence-corrected chi connectivity index (χ2v) is 8.76. The molecule has 5 rings (SSSR count). The molecule has 1 spiro atoms. The van der Waals surface area contributed by atoms with Crippen molar-refractivity contribution in [3.8, 4) is 0 Å². The van der Waals surface area contributed by atoms with Crippen LogP contribution in [0, 0.1) is 0 Å². The molecule has 1 N–H and O–H groups in total. The Morgan fingerprint density at radius 3 is 2.52 bits per heavy atom. The lowest BCUT2D eigenvalue weighted by atomic mass is 9.81. The van der Waals surface area contributed by atoms with Crippen LogP contribution in [0.5, 0.6) is 0 Å². The predicted octanol–water partition coefficient (Wildman–Crippen LogP) is 3.65. The van der Waals surface area contributed by atoms with Crippen molar-refractivity contribution in [1.29, 1.82) is 0 Å². The number of carbonyl (C=O) groups excluding carboxylic acids is 1. The van der Waals surface area contributed by atoms with Gasteiger partial charge < -0.3 is 10.2 Å². The third-order valence-electron chi connectivity index (χ3n) is 7.46. The normalized spacial score (nSPS) is 33.0. The van der Waals surface area contributed by atoms with Gasteiger partial charge in [-0.25, -0.2) is 4.79 Å². The summed E-state index contributed by atoms with van der Waals surface area (Å²) < 4.78 is 0. The zero-order valence-electron chi connectivity index (χ0n) is 15.2. The molecular formula is C21H29N3O. The van der Waals surface area contributed by atoms with E-state index < -0.39 is 0 Å². The van der Waals surface area contributed by atoms with Crippen molar-refractivity contribution in [1.82, 2.24) is 10.2 Å². The Labute approximate surface area is 150 Å². The van der Waals surface area contributed by atoms with Crippen LogP contribution in [0.4, 0.5) is 10.5 Å². The van der Waals surface area contributed by atoms with Crippen molar-refractivity contribution in [2.75, 3.05) is 18.5 Å². The maximum atomic E-state index is 13.1. The summed E-state index contributed by atoms with van der Waals surface area (Å²) in [5, 5.41) is 3.39. The van der Waals surface area contributed by atoms with Crippen molar-refractivity contribution >= 4 is 11.7 Å². The van der Waals surface area contributed by atoms with Crippen LogP contribution in [-0.4, -0.2) is 42.6 Å². The van der Waals surface area contributed by atoms with E-state index in [2.05, 4.69) is 41.5 Å². The third kappa shape index (κ3) is 2.41. The maximum absolute atomic E-state index is 13.1. The molecule has 3 atom stereocenters. The Kier molecular flexibility index (Phi) is 3.60. The van der Waals surface area contributed by atoms with Gasteiger partial charge in [-0.2, -0.15) is 0 Å². The number of nitrogens with one attached hydrogen (secondary N) is 1. The fourth-order valence-electron chi connectivity index (χ4n) is 6.07. The van der Waals surface area contributed by atoms with Crippen LogP contribution >= 0.6 is 0 Å². The Hall–Kier alpha value is -1.55. The SMILES string of the molecule is CN1[C@@H]2CC[C@H]1CC(NC(=O)N1CC3(CCCC3)c3ccccc31)C2. The van der Waals surface area contributed by atoms with Crippen molar-refractivity contribution in [3.05, 3.63) is 29.8 Å². The van der Waals surface area contributed by atoms with Crippen molar-refractivity contribution in [2.45, 2.75) is 74.9 Å². The number of rotatable bonds is 1. The molecule has 1 unspecified atom stereocenters. The van der Waals surface area contributed by atoms with Crippen LogP contribution in [0.2, 0.25) is 0 Å². The topological polar surface area (TPSA) is 35.6 Å². The zero-order chi connectivity index (χ0) is 17.0. The van der Waals surface area contributed by atoms with Crippen molar-refractivity contribution in [2.24, 2.45) is 0 Å². The van der Waals surface area contributed by atoms with Crippen LogP contribution in [0.25, 0.3) is 0 Å². The van der Waals surface area contributed by atoms with Gasteiger partial charge in [-0.15, -0.1) is 0 Å². The molecule has 134 valence electrons. The molecule has 3 heterocycles. The summed E-state index contributed by atoms with van der Waals surface area (Å²) in [6.07, 6.45) is 9.85. The highest BCUT2D eigenvalue weighted by molar-refractivity contribution is 5.95. The molecule has 2 amide bonds. The first kappa shape index (κ1) is 15.7. The van der Waals surface area contributed by atoms with Crippen LogP contribution in [0.15, 0.2) is 24.3 Å². The molecule has 3 aliphatic heterocycles. The second kappa shape index (κ2) is 5.73. The number of hydrogen-bond acceptors (Lipinski definition) is 2. The van der Waals surface area contributed by atoms with E-state index in [-0.39, 0.29) is 11.4 Å². The summed E-state index contributed by atoms with van der Waals surface area (Å²) >= 11 is 0. The van der Waals surface area contributed by atoms with Crippen LogP contribution in [0.3, 0.4) is 0 Å². The number of piperidine rings is 1. The highest BCUT2D eigenvalue weighted by atomic mass is 16.2. The Bertz CT molecular complexity index is 667. The lowest BCUT2D eigenvalue weighted by Crippen LogP contribution is -2.52. The Balaban J connectivity index is 1.35. The minimum Gasteiger partial charge on any atom is -0.335 e. The molecule has 1 aromatic rings. The molecule has 1 aromatic carbocycles. The number of urea groups is 1. The monoisotopic (exact) mass is 339 g/mol. The molecule has 25 heavy (non-hydrogen) atoms. The summed E-state index contributed by atoms with van der Waals surface area (Å²) in [6, 6.07) is 10.4. The number of amides is 2. The highest BCUT2D eigenvalue weighted by Crippen LogP contribution is 2.50. The summed E-state index contributed by atoms with van der Waals surface area (Å²) in [6.45, 7) is 0.873. The summed E-state index contributed by atoms with van der Waals surface area (Å²) in [5.41, 5.74) is 2.78. The number of nitrogens with zero attached hydrogens (tertiary/aromatic N) is 2. The minimum absolute atomic E-state index is 0.130. The fraction of sp³-hybridized carbons (Fsp3) is 0.667. The first-order valence-electron chi connectivity index (χ1n) is 10.1. The molecule has 0 radical (unpaired) electrons. The number of carbonyl (C=O) groups is 1. The molecule has 2 saturated heterocycles. The van der Waals surface area contributed by atoms with Gasteiger partial charge in [0.05, 0.1) is 0 Å². The van der Waals surface area contributed by atoms with Gasteiger partial charge in [0.2, 0.25) is 0 Å². The summed E-state index contributed by atoms with van der Waals surface area (Å²) in [5.74, 6) is 0. The average molecular weight is 339 g/mol. The van der Waals surface area contributed by atoms with Crippen LogP contribution < -0.4 is 10.2 Å². The molecule has 3 fully saturated rings. The first-order chi connectivity index (χ1) is 12.2. The molecule has 4 aliphatic rings. The lowest BCUT2D eigenvalue weighted by molar-refractivity contribution is 0.150. The standard InChI is InChI=1S/C21H29N3O/c1-23-16-8-9-17(23)13-15(12-16)22-20(25)24-14-21(10-4-5-11-21)18-6-2-3-7-19(18)24/h2-3,6-7,15-17H,4-5,8-14H2,1H3,(H,22,25)/t15?,16-,17+. The number of para-hydroxylation sites is 1. The molecule has 4 heteroatoms. The van der Waals surface area contributed by atoms with Crippen molar-refractivity contribution < 1.29 is 4.79 Å². The third-order valence-corrected chi connectivity index (χ3v) is 7.46. The van der Waals surface area contributed by atoms with E-state index in [4.69, 9.17) is 0 Å². The van der Waals surface area contributed by atoms with E-state index in [1.54, 1.807) is 0 Å². The van der Waals surface area contributed by atoms with Crippen LogP contribution in [-0.2, 0) is 5.41 Å². The van der Waals surface area contributed by atoms with E-state index >= 15 is 0 Å². The molecule has 1 saturated carbocycles. The largest absolute Gasteiger partial charge is 0.335 e. The average Bonchev–Trinajstić information content (AvgIpc) is 3.26. The van der Waals surface area contributed by atoms with Crippen LogP contribution in [0.1, 0.15) is 56.9 Å². The Morgan fingerprint density at radius 1 is 1.12 bits per heavy atom. The highest BCUT2D eigenvalue weighted by Gasteiger charge is 2.47. The number of benzene rings is 1. The van der Waals surface area contributed by atoms with Gasteiger partial charge in [0.15, 0.2) is 0 Å². The zero-order valence-corrected chi connectivity index (χ0v) is 15.2. The Morgan fingerprint density at radius 2 is 1.80 bits per heavy atom. The molecule has 1 aliphatic carbocycles. The molecule has 0 aromatic heterocycles. The molecule has 2 bridgehead atoms. The van der Waals surface area contributed by atoms with E-state index in [1.807, 2.05) is 4.90 Å². The summed E-state index contributed by atoms with van der Waals surface area (Å²) in [4.78, 5) is 17.7. The number of fused-ring (bicyclic) bond motifs is 4.